The third-order valence-electron chi connectivity index (χ3n) is 4.41. The van der Waals surface area contributed by atoms with Crippen LogP contribution in [-0.2, 0) is 0 Å². The van der Waals surface area contributed by atoms with E-state index in [2.05, 4.69) is 34.0 Å². The third kappa shape index (κ3) is 4.50. The summed E-state index contributed by atoms with van der Waals surface area (Å²) in [5.74, 6) is 0. The molecule has 1 N–H and O–H groups in total. The van der Waals surface area contributed by atoms with Crippen molar-refractivity contribution in [3.8, 4) is 0 Å². The summed E-state index contributed by atoms with van der Waals surface area (Å²) in [6.45, 7) is 13.4. The Kier molecular flexibility index (Phi) is 5.89. The normalized spacial score (nSPS) is 25.7. The van der Waals surface area contributed by atoms with E-state index in [-0.39, 0.29) is 0 Å². The lowest BCUT2D eigenvalue weighted by atomic mass is 10.1. The summed E-state index contributed by atoms with van der Waals surface area (Å²) in [5.41, 5.74) is 0. The number of hydrogen-bond acceptors (Lipinski definition) is 4. The Morgan fingerprint density at radius 3 is 2.00 bits per heavy atom. The summed E-state index contributed by atoms with van der Waals surface area (Å²) >= 11 is 0. The predicted octanol–water partition coefficient (Wildman–Crippen LogP) is 0.308. The van der Waals surface area contributed by atoms with Crippen molar-refractivity contribution in [2.45, 2.75) is 25.8 Å². The van der Waals surface area contributed by atoms with Gasteiger partial charge < -0.3 is 15.1 Å². The molecule has 2 heterocycles. The predicted molar refractivity (Wildman–Crippen MR) is 77.1 cm³/mol. The monoisotopic (exact) mass is 254 g/mol. The molecule has 4 nitrogen and oxygen atoms in total. The molecular formula is C14H30N4. The van der Waals surface area contributed by atoms with Crippen LogP contribution in [0.25, 0.3) is 0 Å². The fourth-order valence-corrected chi connectivity index (χ4v) is 3.00. The van der Waals surface area contributed by atoms with Crippen LogP contribution in [0.2, 0.25) is 0 Å². The maximum atomic E-state index is 3.57. The summed E-state index contributed by atoms with van der Waals surface area (Å²) < 4.78 is 0. The molecule has 0 aromatic heterocycles. The lowest BCUT2D eigenvalue weighted by Gasteiger charge is -2.36. The van der Waals surface area contributed by atoms with Crippen LogP contribution in [0.3, 0.4) is 0 Å². The van der Waals surface area contributed by atoms with Crippen molar-refractivity contribution >= 4 is 0 Å². The van der Waals surface area contributed by atoms with E-state index >= 15 is 0 Å². The molecule has 18 heavy (non-hydrogen) atoms. The van der Waals surface area contributed by atoms with Crippen molar-refractivity contribution in [2.75, 3.05) is 66.0 Å². The van der Waals surface area contributed by atoms with E-state index in [4.69, 9.17) is 0 Å². The average Bonchev–Trinajstić information content (AvgIpc) is 2.40. The van der Waals surface area contributed by atoms with E-state index in [1.165, 1.54) is 65.2 Å². The van der Waals surface area contributed by atoms with Gasteiger partial charge in [0.2, 0.25) is 0 Å². The highest BCUT2D eigenvalue weighted by atomic mass is 15.3. The molecule has 0 spiro atoms. The van der Waals surface area contributed by atoms with Crippen molar-refractivity contribution < 1.29 is 0 Å². The number of piperazine rings is 1. The molecule has 2 saturated heterocycles. The van der Waals surface area contributed by atoms with E-state index in [1.807, 2.05) is 0 Å². The lowest BCUT2D eigenvalue weighted by Crippen LogP contribution is -2.49. The lowest BCUT2D eigenvalue weighted by molar-refractivity contribution is 0.123. The molecular weight excluding hydrogens is 224 g/mol. The SMILES string of the molecule is CCNC1CCN(CCN2CCN(C)CC2)CC1. The van der Waals surface area contributed by atoms with Gasteiger partial charge in [0, 0.05) is 45.3 Å². The van der Waals surface area contributed by atoms with Gasteiger partial charge in [-0.15, -0.1) is 0 Å². The molecule has 2 fully saturated rings. The van der Waals surface area contributed by atoms with Crippen molar-refractivity contribution in [2.24, 2.45) is 0 Å². The van der Waals surface area contributed by atoms with Gasteiger partial charge in [-0.3, -0.25) is 4.90 Å². The van der Waals surface area contributed by atoms with Crippen LogP contribution < -0.4 is 5.32 Å². The maximum Gasteiger partial charge on any atom is 0.0110 e. The topological polar surface area (TPSA) is 21.8 Å². The average molecular weight is 254 g/mol. The molecule has 2 aliphatic heterocycles. The summed E-state index contributed by atoms with van der Waals surface area (Å²) in [4.78, 5) is 7.70. The molecule has 4 heteroatoms. The highest BCUT2D eigenvalue weighted by Gasteiger charge is 2.19. The number of likely N-dealkylation sites (N-methyl/N-ethyl adjacent to an activating group) is 1. The van der Waals surface area contributed by atoms with Gasteiger partial charge in [0.05, 0.1) is 0 Å². The minimum Gasteiger partial charge on any atom is -0.314 e. The highest BCUT2D eigenvalue weighted by molar-refractivity contribution is 4.78. The zero-order valence-electron chi connectivity index (χ0n) is 12.2. The van der Waals surface area contributed by atoms with Crippen LogP contribution in [0.5, 0.6) is 0 Å². The van der Waals surface area contributed by atoms with Gasteiger partial charge in [-0.2, -0.15) is 0 Å². The molecule has 2 rings (SSSR count). The molecule has 0 aromatic rings. The standard InChI is InChI=1S/C14H30N4/c1-3-15-14-4-6-17(7-5-14)12-13-18-10-8-16(2)9-11-18/h14-15H,3-13H2,1-2H3. The van der Waals surface area contributed by atoms with Gasteiger partial charge in [-0.05, 0) is 39.5 Å². The smallest absolute Gasteiger partial charge is 0.0110 e. The van der Waals surface area contributed by atoms with Crippen LogP contribution in [0.1, 0.15) is 19.8 Å². The van der Waals surface area contributed by atoms with Crippen LogP contribution in [0.4, 0.5) is 0 Å². The van der Waals surface area contributed by atoms with E-state index in [9.17, 15) is 0 Å². The first kappa shape index (κ1) is 14.3. The Labute approximate surface area is 112 Å². The van der Waals surface area contributed by atoms with E-state index in [0.717, 1.165) is 12.6 Å². The first-order valence-corrected chi connectivity index (χ1v) is 7.64. The van der Waals surface area contributed by atoms with Gasteiger partial charge >= 0.3 is 0 Å². The van der Waals surface area contributed by atoms with E-state index in [0.29, 0.717) is 0 Å². The Hall–Kier alpha value is -0.160. The number of nitrogens with one attached hydrogen (secondary N) is 1. The molecule has 106 valence electrons. The Morgan fingerprint density at radius 2 is 1.44 bits per heavy atom. The fourth-order valence-electron chi connectivity index (χ4n) is 3.00. The van der Waals surface area contributed by atoms with Gasteiger partial charge in [0.15, 0.2) is 0 Å². The van der Waals surface area contributed by atoms with Crippen LogP contribution >= 0.6 is 0 Å². The number of likely N-dealkylation sites (tertiary alicyclic amines) is 1. The molecule has 0 radical (unpaired) electrons. The fraction of sp³-hybridized carbons (Fsp3) is 1.00. The van der Waals surface area contributed by atoms with Crippen molar-refractivity contribution in [1.82, 2.24) is 20.0 Å². The maximum absolute atomic E-state index is 3.57. The quantitative estimate of drug-likeness (QED) is 0.762. The summed E-state index contributed by atoms with van der Waals surface area (Å²) in [5, 5.41) is 3.57. The van der Waals surface area contributed by atoms with E-state index < -0.39 is 0 Å². The zero-order valence-corrected chi connectivity index (χ0v) is 12.2. The Bertz CT molecular complexity index is 218. The largest absolute Gasteiger partial charge is 0.314 e. The van der Waals surface area contributed by atoms with Crippen molar-refractivity contribution in [3.63, 3.8) is 0 Å². The van der Waals surface area contributed by atoms with Crippen LogP contribution in [-0.4, -0.2) is 86.7 Å². The number of rotatable bonds is 5. The van der Waals surface area contributed by atoms with Gasteiger partial charge in [0.1, 0.15) is 0 Å². The number of piperidine rings is 1. The van der Waals surface area contributed by atoms with Crippen LogP contribution in [0.15, 0.2) is 0 Å². The second-order valence-corrected chi connectivity index (χ2v) is 5.82. The highest BCUT2D eigenvalue weighted by Crippen LogP contribution is 2.10. The second-order valence-electron chi connectivity index (χ2n) is 5.82. The van der Waals surface area contributed by atoms with E-state index in [1.54, 1.807) is 0 Å². The molecule has 0 bridgehead atoms. The van der Waals surface area contributed by atoms with Gasteiger partial charge in [-0.1, -0.05) is 6.92 Å². The third-order valence-corrected chi connectivity index (χ3v) is 4.41. The first-order valence-electron chi connectivity index (χ1n) is 7.64. The molecule has 2 aliphatic rings. The minimum atomic E-state index is 0.773. The Morgan fingerprint density at radius 1 is 0.889 bits per heavy atom. The molecule has 0 amide bonds. The van der Waals surface area contributed by atoms with Gasteiger partial charge in [-0.25, -0.2) is 0 Å². The van der Waals surface area contributed by atoms with Crippen LogP contribution in [0, 0.1) is 0 Å². The second kappa shape index (κ2) is 7.43. The Balaban J connectivity index is 1.57. The summed E-state index contributed by atoms with van der Waals surface area (Å²) in [6, 6.07) is 0.773. The summed E-state index contributed by atoms with van der Waals surface area (Å²) in [7, 11) is 2.23. The molecule has 0 aliphatic carbocycles. The first-order chi connectivity index (χ1) is 8.78. The van der Waals surface area contributed by atoms with Crippen molar-refractivity contribution in [3.05, 3.63) is 0 Å². The molecule has 0 aromatic carbocycles. The number of hydrogen-bond donors (Lipinski definition) is 1. The number of nitrogens with zero attached hydrogens (tertiary/aromatic N) is 3. The van der Waals surface area contributed by atoms with Gasteiger partial charge in [0.25, 0.3) is 0 Å². The molecule has 0 atom stereocenters. The molecule has 0 unspecified atom stereocenters. The minimum absolute atomic E-state index is 0.773. The van der Waals surface area contributed by atoms with Crippen molar-refractivity contribution in [1.29, 1.82) is 0 Å². The zero-order chi connectivity index (χ0) is 12.8. The summed E-state index contributed by atoms with van der Waals surface area (Å²) in [6.07, 6.45) is 2.66. The molecule has 0 saturated carbocycles.